The number of para-hydroxylation sites is 4. The summed E-state index contributed by atoms with van der Waals surface area (Å²) in [6.45, 7) is 0. The zero-order valence-electron chi connectivity index (χ0n) is 61.2. The standard InChI is InChI=1S/2C26H15ClN2O.2C24H14ClN2O/c27-26-28-23(25-24(29-26)21-12-6-7-13-22(21)30-25)20-15-14-17(16-8-2-1-3-9-16)18-10-4-5-11-19(18)20;27-26-28-23(25-24(29-26)21-8-4-5-9-22(21)30-25)20-13-12-18-14-17(10-11-19(18)15-20)16-6-2-1-3-7-16;25-22-14-27(24-23(26-22)19-11-5-6-12-21(19)28-24)20-13-15-7-1-2-8-16(15)17-9-3-4-10-18(17)20;25-22-14-27(24-23(26-22)20-7-3-4-8-21(20)28-24)17-11-12-19-16(13-17)10-9-15-5-1-2-6-18(15)19/h2*1-15H;2*1-14H/q;;2*+1. The van der Waals surface area contributed by atoms with Gasteiger partial charge < -0.3 is 17.7 Å². The first-order chi connectivity index (χ1) is 57.1. The average Bonchev–Trinajstić information content (AvgIpc) is 1.60. The van der Waals surface area contributed by atoms with Crippen LogP contribution in [-0.4, -0.2) is 29.9 Å². The van der Waals surface area contributed by atoms with Crippen molar-refractivity contribution in [3.05, 3.63) is 373 Å². The highest BCUT2D eigenvalue weighted by atomic mass is 35.5. The van der Waals surface area contributed by atoms with Crippen molar-refractivity contribution in [3.63, 3.8) is 0 Å². The van der Waals surface area contributed by atoms with Gasteiger partial charge in [-0.2, -0.15) is 0 Å². The summed E-state index contributed by atoms with van der Waals surface area (Å²) >= 11 is 25.4. The van der Waals surface area contributed by atoms with Crippen LogP contribution in [0.25, 0.3) is 209 Å². The molecule has 24 rings (SSSR count). The molecule has 0 aliphatic rings. The van der Waals surface area contributed by atoms with E-state index in [2.05, 4.69) is 254 Å². The Kier molecular flexibility index (Phi) is 17.5. The minimum absolute atomic E-state index is 0.209. The van der Waals surface area contributed by atoms with Crippen LogP contribution in [0, 0.1) is 0 Å². The topological polar surface area (TPSA) is 138 Å². The van der Waals surface area contributed by atoms with Gasteiger partial charge in [0.25, 0.3) is 0 Å². The molecule has 0 spiro atoms. The SMILES string of the molecule is Clc1c[n+](-c2cc3ccccc3c3ccccc23)c2oc3ccccc3c2n1.Clc1c[n+](-c2ccc3c(ccc4ccccc43)c2)c2oc3ccccc3c2n1.Clc1nc(-c2ccc(-c3ccccc3)c3ccccc23)c2oc3ccccc3c2n1.Clc1nc(-c2ccc3cc(-c4ccccc4)ccc3c2)c2oc3ccccc3c2n1. The molecule has 0 atom stereocenters. The number of hydrogen-bond acceptors (Lipinski definition) is 10. The first-order valence-corrected chi connectivity index (χ1v) is 39.1. The fourth-order valence-corrected chi connectivity index (χ4v) is 16.7. The second kappa shape index (κ2) is 29.1. The molecule has 0 radical (unpaired) electrons. The number of benzene rings is 16. The number of hydrogen-bond donors (Lipinski definition) is 0. The van der Waals surface area contributed by atoms with Crippen molar-refractivity contribution >= 4 is 200 Å². The molecule has 24 aromatic rings. The second-order valence-electron chi connectivity index (χ2n) is 28.2. The predicted molar refractivity (Wildman–Crippen MR) is 472 cm³/mol. The smallest absolute Gasteiger partial charge is 0.406 e. The van der Waals surface area contributed by atoms with Gasteiger partial charge in [0.05, 0.1) is 16.2 Å². The molecule has 0 aliphatic carbocycles. The van der Waals surface area contributed by atoms with E-state index in [9.17, 15) is 0 Å². The molecule has 0 fully saturated rings. The Bertz CT molecular complexity index is 8070. The van der Waals surface area contributed by atoms with E-state index < -0.39 is 0 Å². The van der Waals surface area contributed by atoms with Crippen LogP contribution in [-0.2, 0) is 0 Å². The lowest BCUT2D eigenvalue weighted by atomic mass is 9.93. The monoisotopic (exact) mass is 1570 g/mol. The van der Waals surface area contributed by atoms with Gasteiger partial charge in [0.15, 0.2) is 32.5 Å². The summed E-state index contributed by atoms with van der Waals surface area (Å²) in [5.41, 5.74) is 18.9. The lowest BCUT2D eigenvalue weighted by Crippen LogP contribution is -2.31. The second-order valence-corrected chi connectivity index (χ2v) is 29.6. The van der Waals surface area contributed by atoms with Gasteiger partial charge in [0.2, 0.25) is 34.3 Å². The number of fused-ring (bicyclic) bond motifs is 20. The molecule has 12 nitrogen and oxygen atoms in total. The van der Waals surface area contributed by atoms with Crippen LogP contribution < -0.4 is 9.13 Å². The molecule has 0 amide bonds. The molecule has 16 aromatic carbocycles. The Morgan fingerprint density at radius 2 is 0.638 bits per heavy atom. The lowest BCUT2D eigenvalue weighted by molar-refractivity contribution is -0.574. The maximum atomic E-state index is 6.43. The Morgan fingerprint density at radius 1 is 0.233 bits per heavy atom. The van der Waals surface area contributed by atoms with Crippen LogP contribution in [0.15, 0.2) is 370 Å². The van der Waals surface area contributed by atoms with Crippen LogP contribution in [0.2, 0.25) is 20.9 Å². The summed E-state index contributed by atoms with van der Waals surface area (Å²) < 4.78 is 28.6. The van der Waals surface area contributed by atoms with Gasteiger partial charge in [-0.1, -0.05) is 272 Å². The third-order valence-electron chi connectivity index (χ3n) is 21.3. The largest absolute Gasteiger partial charge is 0.452 e. The highest BCUT2D eigenvalue weighted by molar-refractivity contribution is 6.31. The molecule has 0 N–H and O–H groups in total. The molecule has 0 saturated carbocycles. The van der Waals surface area contributed by atoms with Crippen molar-refractivity contribution in [1.82, 2.24) is 29.9 Å². The van der Waals surface area contributed by atoms with Crippen LogP contribution in [0.4, 0.5) is 0 Å². The van der Waals surface area contributed by atoms with E-state index in [1.54, 1.807) is 6.20 Å². The molecular weight excluding hydrogens is 1520 g/mol. The molecule has 0 saturated heterocycles. The van der Waals surface area contributed by atoms with Gasteiger partial charge in [-0.3, -0.25) is 0 Å². The van der Waals surface area contributed by atoms with E-state index in [1.165, 1.54) is 65.3 Å². The fourth-order valence-electron chi connectivity index (χ4n) is 16.0. The molecule has 16 heteroatoms. The van der Waals surface area contributed by atoms with E-state index in [-0.39, 0.29) is 10.6 Å². The summed E-state index contributed by atoms with van der Waals surface area (Å²) in [6.07, 6.45) is 3.62. The summed E-state index contributed by atoms with van der Waals surface area (Å²) in [7, 11) is 0. The van der Waals surface area contributed by atoms with E-state index in [4.69, 9.17) is 64.1 Å². The Morgan fingerprint density at radius 3 is 1.25 bits per heavy atom. The van der Waals surface area contributed by atoms with Crippen molar-refractivity contribution in [2.45, 2.75) is 0 Å². The van der Waals surface area contributed by atoms with E-state index in [1.807, 2.05) is 131 Å². The summed E-state index contributed by atoms with van der Waals surface area (Å²) in [5, 5.41) is 19.2. The molecule has 8 heterocycles. The molecule has 8 aromatic heterocycles. The number of halogens is 4. The van der Waals surface area contributed by atoms with E-state index in [0.717, 1.165) is 110 Å². The maximum Gasteiger partial charge on any atom is 0.406 e. The number of aromatic nitrogens is 8. The zero-order valence-corrected chi connectivity index (χ0v) is 64.2. The Balaban J connectivity index is 0.0000000967. The van der Waals surface area contributed by atoms with Gasteiger partial charge >= 0.3 is 11.4 Å². The van der Waals surface area contributed by atoms with Crippen molar-refractivity contribution in [1.29, 1.82) is 0 Å². The summed E-state index contributed by atoms with van der Waals surface area (Å²) in [6, 6.07) is 116. The van der Waals surface area contributed by atoms with E-state index >= 15 is 0 Å². The third kappa shape index (κ3) is 12.5. The van der Waals surface area contributed by atoms with Gasteiger partial charge in [-0.05, 0) is 178 Å². The number of furan rings is 4. The van der Waals surface area contributed by atoms with E-state index in [0.29, 0.717) is 44.3 Å². The van der Waals surface area contributed by atoms with Gasteiger partial charge in [0.1, 0.15) is 44.8 Å². The van der Waals surface area contributed by atoms with Gasteiger partial charge in [-0.25, -0.2) is 29.9 Å². The van der Waals surface area contributed by atoms with Gasteiger partial charge in [-0.15, -0.1) is 9.13 Å². The fraction of sp³-hybridized carbons (Fsp3) is 0. The Labute approximate surface area is 680 Å². The molecular formula is C100H58Cl4N8O4+2. The number of rotatable bonds is 6. The van der Waals surface area contributed by atoms with Crippen molar-refractivity contribution in [2.75, 3.05) is 0 Å². The first kappa shape index (κ1) is 69.7. The van der Waals surface area contributed by atoms with Crippen LogP contribution in [0.1, 0.15) is 0 Å². The summed E-state index contributed by atoms with van der Waals surface area (Å²) in [5.74, 6) is 0. The third-order valence-corrected chi connectivity index (χ3v) is 22.0. The van der Waals surface area contributed by atoms with Crippen LogP contribution in [0.3, 0.4) is 0 Å². The highest BCUT2D eigenvalue weighted by Crippen LogP contribution is 2.43. The van der Waals surface area contributed by atoms with Gasteiger partial charge in [0, 0.05) is 40.1 Å². The van der Waals surface area contributed by atoms with Crippen molar-refractivity contribution in [2.24, 2.45) is 0 Å². The van der Waals surface area contributed by atoms with Crippen molar-refractivity contribution < 1.29 is 26.8 Å². The summed E-state index contributed by atoms with van der Waals surface area (Å²) in [4.78, 5) is 27.0. The van der Waals surface area contributed by atoms with Crippen LogP contribution >= 0.6 is 46.4 Å². The predicted octanol–water partition coefficient (Wildman–Crippen LogP) is 27.5. The minimum atomic E-state index is 0.209. The van der Waals surface area contributed by atoms with Crippen molar-refractivity contribution in [3.8, 4) is 56.1 Å². The molecule has 548 valence electrons. The first-order valence-electron chi connectivity index (χ1n) is 37.6. The quantitative estimate of drug-likeness (QED) is 0.0898. The molecule has 0 bridgehead atoms. The average molecular weight is 1580 g/mol. The minimum Gasteiger partial charge on any atom is -0.452 e. The lowest BCUT2D eigenvalue weighted by Gasteiger charge is -2.12. The zero-order chi connectivity index (χ0) is 77.5. The number of nitrogens with zero attached hydrogens (tertiary/aromatic N) is 8. The highest BCUT2D eigenvalue weighted by Gasteiger charge is 2.28. The molecule has 116 heavy (non-hydrogen) atoms. The molecule has 0 aliphatic heterocycles. The normalized spacial score (nSPS) is 11.6. The maximum absolute atomic E-state index is 6.43. The van der Waals surface area contributed by atoms with Crippen LogP contribution in [0.5, 0.6) is 0 Å². The molecule has 0 unspecified atom stereocenters. The Hall–Kier alpha value is -14.2.